The van der Waals surface area contributed by atoms with Crippen molar-refractivity contribution in [2.45, 2.75) is 11.8 Å². The van der Waals surface area contributed by atoms with Gasteiger partial charge in [0.1, 0.15) is 0 Å². The molecule has 0 radical (unpaired) electrons. The second-order valence-corrected chi connectivity index (χ2v) is 7.79. The van der Waals surface area contributed by atoms with Crippen LogP contribution in [0.15, 0.2) is 109 Å². The van der Waals surface area contributed by atoms with Gasteiger partial charge in [-0.25, -0.2) is 0 Å². The maximum Gasteiger partial charge on any atom is 0.0318 e. The Kier molecular flexibility index (Phi) is 3.25. The SMILES string of the molecule is C=C(C1c2ccccc2-c2ccccc21)C1c2ccccc2-c2ccccc21. The summed E-state index contributed by atoms with van der Waals surface area (Å²) in [5, 5.41) is 0. The van der Waals surface area contributed by atoms with Crippen molar-refractivity contribution in [1.82, 2.24) is 0 Å². The standard InChI is InChI=1S/C28H20/c1-18(27-23-14-6-2-10-19(23)20-11-3-7-15-24(20)27)28-25-16-8-4-12-21(25)22-13-5-9-17-26(22)28/h2-17,27-28H,1H2. The first-order chi connectivity index (χ1) is 13.8. The topological polar surface area (TPSA) is 0 Å². The smallest absolute Gasteiger partial charge is 0.0318 e. The molecule has 0 nitrogen and oxygen atoms in total. The first-order valence-corrected chi connectivity index (χ1v) is 9.90. The molecule has 0 aromatic heterocycles. The molecule has 6 rings (SSSR count). The van der Waals surface area contributed by atoms with Gasteiger partial charge in [0.05, 0.1) is 0 Å². The highest BCUT2D eigenvalue weighted by molar-refractivity contribution is 5.84. The summed E-state index contributed by atoms with van der Waals surface area (Å²) < 4.78 is 0. The Morgan fingerprint density at radius 2 is 0.679 bits per heavy atom. The summed E-state index contributed by atoms with van der Waals surface area (Å²) in [6.07, 6.45) is 0. The molecule has 0 atom stereocenters. The molecule has 132 valence electrons. The van der Waals surface area contributed by atoms with E-state index in [1.807, 2.05) is 0 Å². The summed E-state index contributed by atoms with van der Waals surface area (Å²) in [6.45, 7) is 4.71. The summed E-state index contributed by atoms with van der Waals surface area (Å²) >= 11 is 0. The predicted molar refractivity (Wildman–Crippen MR) is 117 cm³/mol. The average Bonchev–Trinajstić information content (AvgIpc) is 3.27. The molecule has 4 aromatic rings. The maximum absolute atomic E-state index is 4.71. The summed E-state index contributed by atoms with van der Waals surface area (Å²) in [6, 6.07) is 35.3. The van der Waals surface area contributed by atoms with Crippen LogP contribution in [0.3, 0.4) is 0 Å². The van der Waals surface area contributed by atoms with E-state index < -0.39 is 0 Å². The Hall–Kier alpha value is -3.38. The molecule has 0 saturated heterocycles. The van der Waals surface area contributed by atoms with Crippen molar-refractivity contribution in [3.63, 3.8) is 0 Å². The molecule has 0 bridgehead atoms. The third-order valence-corrected chi connectivity index (χ3v) is 6.41. The van der Waals surface area contributed by atoms with E-state index in [1.165, 1.54) is 50.1 Å². The van der Waals surface area contributed by atoms with E-state index in [1.54, 1.807) is 0 Å². The van der Waals surface area contributed by atoms with Crippen LogP contribution >= 0.6 is 0 Å². The van der Waals surface area contributed by atoms with Crippen molar-refractivity contribution in [2.24, 2.45) is 0 Å². The zero-order valence-electron chi connectivity index (χ0n) is 15.6. The van der Waals surface area contributed by atoms with Crippen LogP contribution in [0, 0.1) is 0 Å². The van der Waals surface area contributed by atoms with E-state index >= 15 is 0 Å². The fraction of sp³-hybridized carbons (Fsp3) is 0.0714. The van der Waals surface area contributed by atoms with Crippen LogP contribution in [0.2, 0.25) is 0 Å². The molecule has 0 N–H and O–H groups in total. The van der Waals surface area contributed by atoms with Gasteiger partial charge in [-0.3, -0.25) is 0 Å². The van der Waals surface area contributed by atoms with Gasteiger partial charge in [0.15, 0.2) is 0 Å². The maximum atomic E-state index is 4.71. The Balaban J connectivity index is 1.57. The predicted octanol–water partition coefficient (Wildman–Crippen LogP) is 7.17. The molecule has 4 aromatic carbocycles. The number of hydrogen-bond acceptors (Lipinski definition) is 0. The third kappa shape index (κ3) is 2.00. The van der Waals surface area contributed by atoms with Crippen molar-refractivity contribution in [1.29, 1.82) is 0 Å². The molecule has 0 spiro atoms. The molecule has 2 aliphatic rings. The number of hydrogen-bond donors (Lipinski definition) is 0. The number of rotatable bonds is 2. The minimum absolute atomic E-state index is 0.233. The zero-order valence-corrected chi connectivity index (χ0v) is 15.6. The number of allylic oxidation sites excluding steroid dienone is 1. The lowest BCUT2D eigenvalue weighted by molar-refractivity contribution is 0.853. The lowest BCUT2D eigenvalue weighted by Crippen LogP contribution is -2.09. The van der Waals surface area contributed by atoms with Gasteiger partial charge in [-0.05, 0) is 44.5 Å². The van der Waals surface area contributed by atoms with Crippen LogP contribution in [-0.2, 0) is 0 Å². The highest BCUT2D eigenvalue weighted by Gasteiger charge is 2.37. The monoisotopic (exact) mass is 356 g/mol. The van der Waals surface area contributed by atoms with Gasteiger partial charge >= 0.3 is 0 Å². The number of fused-ring (bicyclic) bond motifs is 6. The van der Waals surface area contributed by atoms with Gasteiger partial charge in [-0.1, -0.05) is 109 Å². The van der Waals surface area contributed by atoms with E-state index in [0.717, 1.165) is 0 Å². The van der Waals surface area contributed by atoms with Crippen molar-refractivity contribution in [3.05, 3.63) is 131 Å². The first-order valence-electron chi connectivity index (χ1n) is 9.90. The van der Waals surface area contributed by atoms with Gasteiger partial charge in [0, 0.05) is 11.8 Å². The summed E-state index contributed by atoms with van der Waals surface area (Å²) in [4.78, 5) is 0. The third-order valence-electron chi connectivity index (χ3n) is 6.41. The molecule has 0 amide bonds. The first kappa shape index (κ1) is 15.7. The Labute approximate surface area is 165 Å². The highest BCUT2D eigenvalue weighted by Crippen LogP contribution is 2.55. The quantitative estimate of drug-likeness (QED) is 0.334. The van der Waals surface area contributed by atoms with E-state index in [2.05, 4.69) is 97.1 Å². The van der Waals surface area contributed by atoms with Crippen LogP contribution in [0.25, 0.3) is 22.3 Å². The molecule has 0 unspecified atom stereocenters. The van der Waals surface area contributed by atoms with Gasteiger partial charge in [-0.15, -0.1) is 0 Å². The molecule has 28 heavy (non-hydrogen) atoms. The molecule has 0 heteroatoms. The normalized spacial score (nSPS) is 14.3. The summed E-state index contributed by atoms with van der Waals surface area (Å²) in [5.74, 6) is 0.466. The molecule has 0 fully saturated rings. The summed E-state index contributed by atoms with van der Waals surface area (Å²) in [7, 11) is 0. The van der Waals surface area contributed by atoms with Crippen LogP contribution in [0.5, 0.6) is 0 Å². The molecular formula is C28H20. The fourth-order valence-corrected chi connectivity index (χ4v) is 5.28. The van der Waals surface area contributed by atoms with E-state index in [4.69, 9.17) is 6.58 Å². The fourth-order valence-electron chi connectivity index (χ4n) is 5.28. The number of benzene rings is 4. The van der Waals surface area contributed by atoms with Gasteiger partial charge < -0.3 is 0 Å². The van der Waals surface area contributed by atoms with Gasteiger partial charge in [0.25, 0.3) is 0 Å². The molecule has 0 aliphatic heterocycles. The van der Waals surface area contributed by atoms with Crippen LogP contribution < -0.4 is 0 Å². The Morgan fingerprint density at radius 1 is 0.429 bits per heavy atom. The lowest BCUT2D eigenvalue weighted by Gasteiger charge is -2.24. The Morgan fingerprint density at radius 3 is 0.964 bits per heavy atom. The minimum Gasteiger partial charge on any atom is -0.0979 e. The summed E-state index contributed by atoms with van der Waals surface area (Å²) in [5.41, 5.74) is 12.2. The van der Waals surface area contributed by atoms with E-state index in [-0.39, 0.29) is 11.8 Å². The second-order valence-electron chi connectivity index (χ2n) is 7.79. The molecular weight excluding hydrogens is 336 g/mol. The highest BCUT2D eigenvalue weighted by atomic mass is 14.4. The van der Waals surface area contributed by atoms with Crippen LogP contribution in [0.1, 0.15) is 34.1 Å². The van der Waals surface area contributed by atoms with Gasteiger partial charge in [0.2, 0.25) is 0 Å². The lowest BCUT2D eigenvalue weighted by atomic mass is 9.78. The minimum atomic E-state index is 0.233. The van der Waals surface area contributed by atoms with E-state index in [0.29, 0.717) is 0 Å². The molecule has 0 saturated carbocycles. The van der Waals surface area contributed by atoms with Crippen molar-refractivity contribution < 1.29 is 0 Å². The van der Waals surface area contributed by atoms with E-state index in [9.17, 15) is 0 Å². The molecule has 0 heterocycles. The zero-order chi connectivity index (χ0) is 18.7. The largest absolute Gasteiger partial charge is 0.0979 e. The molecule has 2 aliphatic carbocycles. The Bertz CT molecular complexity index is 1060. The van der Waals surface area contributed by atoms with Crippen LogP contribution in [0.4, 0.5) is 0 Å². The van der Waals surface area contributed by atoms with Crippen LogP contribution in [-0.4, -0.2) is 0 Å². The van der Waals surface area contributed by atoms with Crippen molar-refractivity contribution >= 4 is 0 Å². The average molecular weight is 356 g/mol. The van der Waals surface area contributed by atoms with Crippen molar-refractivity contribution in [2.75, 3.05) is 0 Å². The second kappa shape index (κ2) is 5.81. The van der Waals surface area contributed by atoms with Crippen molar-refractivity contribution in [3.8, 4) is 22.3 Å². The van der Waals surface area contributed by atoms with Gasteiger partial charge in [-0.2, -0.15) is 0 Å².